The maximum atomic E-state index is 12.4. The van der Waals surface area contributed by atoms with E-state index in [-0.39, 0.29) is 5.78 Å². The number of ether oxygens (including phenoxy) is 2. The van der Waals surface area contributed by atoms with Crippen molar-refractivity contribution in [2.45, 2.75) is 0 Å². The van der Waals surface area contributed by atoms with Crippen LogP contribution in [0.1, 0.15) is 15.9 Å². The predicted octanol–water partition coefficient (Wildman–Crippen LogP) is 4.32. The van der Waals surface area contributed by atoms with Gasteiger partial charge in [0, 0.05) is 11.1 Å². The molecule has 0 amide bonds. The maximum Gasteiger partial charge on any atom is 0.193 e. The Bertz CT molecular complexity index is 541. The summed E-state index contributed by atoms with van der Waals surface area (Å²) in [6.07, 6.45) is 3.95. The van der Waals surface area contributed by atoms with E-state index in [9.17, 15) is 4.79 Å². The number of hydrogen-bond donors (Lipinski definition) is 0. The van der Waals surface area contributed by atoms with E-state index in [1.807, 2.05) is 36.8 Å². The van der Waals surface area contributed by atoms with Crippen LogP contribution in [0.2, 0.25) is 0 Å². The largest absolute Gasteiger partial charge is 0.483 e. The molecular weight excluding hydrogens is 316 g/mol. The molecule has 0 spiro atoms. The third-order valence-electron chi connectivity index (χ3n) is 2.92. The summed E-state index contributed by atoms with van der Waals surface area (Å²) in [7, 11) is 0. The summed E-state index contributed by atoms with van der Waals surface area (Å²) in [6.45, 7) is 0. The first-order chi connectivity index (χ1) is 10.7. The van der Waals surface area contributed by atoms with Gasteiger partial charge in [-0.05, 0) is 61.0 Å². The monoisotopic (exact) mass is 334 g/mol. The van der Waals surface area contributed by atoms with Crippen molar-refractivity contribution in [3.05, 3.63) is 59.7 Å². The van der Waals surface area contributed by atoms with Crippen molar-refractivity contribution >= 4 is 29.3 Å². The lowest BCUT2D eigenvalue weighted by Gasteiger charge is -2.07. The summed E-state index contributed by atoms with van der Waals surface area (Å²) >= 11 is 3.22. The molecule has 0 atom stereocenters. The number of rotatable bonds is 8. The minimum Gasteiger partial charge on any atom is -0.483 e. The van der Waals surface area contributed by atoms with Crippen LogP contribution in [0, 0.1) is 0 Å². The van der Waals surface area contributed by atoms with Gasteiger partial charge in [-0.25, -0.2) is 0 Å². The highest BCUT2D eigenvalue weighted by Crippen LogP contribution is 2.19. The molecule has 0 saturated carbocycles. The molecule has 0 radical (unpaired) electrons. The third kappa shape index (κ3) is 4.71. The van der Waals surface area contributed by atoms with Crippen LogP contribution >= 0.6 is 23.5 Å². The molecule has 2 rings (SSSR count). The Morgan fingerprint density at radius 1 is 0.773 bits per heavy atom. The fraction of sp³-hybridized carbons (Fsp3) is 0.235. The fourth-order valence-corrected chi connectivity index (χ4v) is 2.33. The van der Waals surface area contributed by atoms with Crippen LogP contribution in [0.15, 0.2) is 48.5 Å². The van der Waals surface area contributed by atoms with Crippen LogP contribution in [0.5, 0.6) is 11.5 Å². The number of carbonyl (C=O) groups is 1. The van der Waals surface area contributed by atoms with Crippen molar-refractivity contribution < 1.29 is 14.3 Å². The van der Waals surface area contributed by atoms with Crippen molar-refractivity contribution in [3.8, 4) is 11.5 Å². The zero-order chi connectivity index (χ0) is 15.8. The first-order valence-electron chi connectivity index (χ1n) is 6.73. The van der Waals surface area contributed by atoms with Crippen molar-refractivity contribution in [2.75, 3.05) is 24.4 Å². The van der Waals surface area contributed by atoms with E-state index in [2.05, 4.69) is 0 Å². The average molecular weight is 334 g/mol. The SMILES string of the molecule is CSCOc1ccc(C(=O)c2ccc(OCSC)cc2)cc1. The Kier molecular flexibility index (Phi) is 6.68. The van der Waals surface area contributed by atoms with Crippen LogP contribution in [0.25, 0.3) is 0 Å². The summed E-state index contributed by atoms with van der Waals surface area (Å²) in [5.41, 5.74) is 1.29. The smallest absolute Gasteiger partial charge is 0.193 e. The van der Waals surface area contributed by atoms with Crippen LogP contribution in [0.3, 0.4) is 0 Å². The molecule has 0 aliphatic rings. The molecule has 116 valence electrons. The summed E-state index contributed by atoms with van der Waals surface area (Å²) in [4.78, 5) is 12.4. The van der Waals surface area contributed by atoms with Crippen molar-refractivity contribution in [3.63, 3.8) is 0 Å². The van der Waals surface area contributed by atoms with Crippen LogP contribution < -0.4 is 9.47 Å². The lowest BCUT2D eigenvalue weighted by Crippen LogP contribution is -2.01. The zero-order valence-electron chi connectivity index (χ0n) is 12.6. The molecule has 5 heteroatoms. The molecular formula is C17H18O3S2. The predicted molar refractivity (Wildman–Crippen MR) is 94.3 cm³/mol. The average Bonchev–Trinajstić information content (AvgIpc) is 2.58. The highest BCUT2D eigenvalue weighted by atomic mass is 32.2. The van der Waals surface area contributed by atoms with Gasteiger partial charge in [-0.2, -0.15) is 0 Å². The minimum absolute atomic E-state index is 0.00664. The van der Waals surface area contributed by atoms with Crippen molar-refractivity contribution in [2.24, 2.45) is 0 Å². The van der Waals surface area contributed by atoms with Gasteiger partial charge in [0.25, 0.3) is 0 Å². The molecule has 3 nitrogen and oxygen atoms in total. The van der Waals surface area contributed by atoms with Gasteiger partial charge < -0.3 is 9.47 Å². The highest BCUT2D eigenvalue weighted by molar-refractivity contribution is 7.98. The first-order valence-corrected chi connectivity index (χ1v) is 9.51. The van der Waals surface area contributed by atoms with Gasteiger partial charge in [0.15, 0.2) is 5.78 Å². The lowest BCUT2D eigenvalue weighted by molar-refractivity contribution is 0.103. The van der Waals surface area contributed by atoms with Crippen LogP contribution in [-0.4, -0.2) is 30.2 Å². The van der Waals surface area contributed by atoms with Crippen LogP contribution in [0.4, 0.5) is 0 Å². The lowest BCUT2D eigenvalue weighted by atomic mass is 10.0. The van der Waals surface area contributed by atoms with Gasteiger partial charge in [-0.3, -0.25) is 4.79 Å². The minimum atomic E-state index is -0.00664. The van der Waals surface area contributed by atoms with E-state index in [4.69, 9.17) is 9.47 Å². The topological polar surface area (TPSA) is 35.5 Å². The summed E-state index contributed by atoms with van der Waals surface area (Å²) in [5.74, 6) is 2.74. The summed E-state index contributed by atoms with van der Waals surface area (Å²) < 4.78 is 11.0. The normalized spacial score (nSPS) is 10.3. The zero-order valence-corrected chi connectivity index (χ0v) is 14.2. The van der Waals surface area contributed by atoms with Gasteiger partial charge in [0.1, 0.15) is 23.4 Å². The summed E-state index contributed by atoms with van der Waals surface area (Å²) in [6, 6.07) is 14.4. The van der Waals surface area contributed by atoms with Gasteiger partial charge in [-0.15, -0.1) is 23.5 Å². The standard InChI is InChI=1S/C17H18O3S2/c1-21-11-19-15-7-3-13(4-8-15)17(18)14-5-9-16(10-6-14)20-12-22-2/h3-10H,11-12H2,1-2H3. The Hall–Kier alpha value is -1.59. The van der Waals surface area contributed by atoms with Gasteiger partial charge >= 0.3 is 0 Å². The molecule has 2 aromatic rings. The Morgan fingerprint density at radius 2 is 1.14 bits per heavy atom. The molecule has 0 saturated heterocycles. The molecule has 0 fully saturated rings. The second-order valence-electron chi connectivity index (χ2n) is 4.48. The highest BCUT2D eigenvalue weighted by Gasteiger charge is 2.09. The molecule has 0 N–H and O–H groups in total. The number of carbonyl (C=O) groups excluding carboxylic acids is 1. The first kappa shape index (κ1) is 16.8. The van der Waals surface area contributed by atoms with E-state index in [0.717, 1.165) is 11.5 Å². The van der Waals surface area contributed by atoms with Gasteiger partial charge in [0.05, 0.1) is 0 Å². The van der Waals surface area contributed by atoms with E-state index in [1.165, 1.54) is 0 Å². The second-order valence-corrected chi connectivity index (χ2v) is 6.11. The molecule has 22 heavy (non-hydrogen) atoms. The number of ketones is 1. The number of hydrogen-bond acceptors (Lipinski definition) is 5. The maximum absolute atomic E-state index is 12.4. The van der Waals surface area contributed by atoms with Gasteiger partial charge in [0.2, 0.25) is 0 Å². The number of benzene rings is 2. The Balaban J connectivity index is 2.04. The molecule has 0 unspecified atom stereocenters. The Labute approximate surface area is 139 Å². The van der Waals surface area contributed by atoms with E-state index in [0.29, 0.717) is 23.0 Å². The molecule has 0 aliphatic heterocycles. The Morgan fingerprint density at radius 3 is 1.45 bits per heavy atom. The molecule has 0 aliphatic carbocycles. The quantitative estimate of drug-likeness (QED) is 0.531. The number of thioether (sulfide) groups is 2. The fourth-order valence-electron chi connectivity index (χ4n) is 1.83. The van der Waals surface area contributed by atoms with Gasteiger partial charge in [-0.1, -0.05) is 0 Å². The van der Waals surface area contributed by atoms with Crippen molar-refractivity contribution in [1.29, 1.82) is 0 Å². The molecule has 0 aromatic heterocycles. The van der Waals surface area contributed by atoms with E-state index in [1.54, 1.807) is 47.8 Å². The summed E-state index contributed by atoms with van der Waals surface area (Å²) in [5, 5.41) is 0. The van der Waals surface area contributed by atoms with E-state index < -0.39 is 0 Å². The third-order valence-corrected chi connectivity index (χ3v) is 3.63. The molecule has 0 heterocycles. The molecule has 0 bridgehead atoms. The molecule has 2 aromatic carbocycles. The van der Waals surface area contributed by atoms with Crippen LogP contribution in [-0.2, 0) is 0 Å². The van der Waals surface area contributed by atoms with E-state index >= 15 is 0 Å². The second kappa shape index (κ2) is 8.76. The van der Waals surface area contributed by atoms with Crippen molar-refractivity contribution in [1.82, 2.24) is 0 Å².